The zero-order valence-corrected chi connectivity index (χ0v) is 9.99. The van der Waals surface area contributed by atoms with Crippen LogP contribution < -0.4 is 10.1 Å². The van der Waals surface area contributed by atoms with E-state index < -0.39 is 23.9 Å². The first-order valence-electron chi connectivity index (χ1n) is 5.22. The Hall–Kier alpha value is -1.60. The van der Waals surface area contributed by atoms with Crippen LogP contribution in [0.1, 0.15) is 19.4 Å². The Morgan fingerprint density at radius 3 is 2.05 bits per heavy atom. The van der Waals surface area contributed by atoms with Crippen LogP contribution in [0.25, 0.3) is 0 Å². The van der Waals surface area contributed by atoms with Gasteiger partial charge in [0, 0.05) is 11.7 Å². The van der Waals surface area contributed by atoms with Crippen molar-refractivity contribution in [2.75, 3.05) is 5.32 Å². The second kappa shape index (κ2) is 5.18. The van der Waals surface area contributed by atoms with Crippen LogP contribution in [0, 0.1) is 0 Å². The Labute approximate surface area is 105 Å². The van der Waals surface area contributed by atoms with Crippen LogP contribution in [0.5, 0.6) is 5.75 Å². The Kier molecular flexibility index (Phi) is 4.21. The minimum absolute atomic E-state index is 0.0665. The summed E-state index contributed by atoms with van der Waals surface area (Å²) in [4.78, 5) is 0. The number of hydrogen-bond acceptors (Lipinski definition) is 2. The fraction of sp³-hybridized carbons (Fsp3) is 0.455. The third kappa shape index (κ3) is 4.88. The maximum absolute atomic E-state index is 12.7. The molecule has 0 unspecified atom stereocenters. The second-order valence-corrected chi connectivity index (χ2v) is 4.06. The molecule has 8 heteroatoms. The minimum Gasteiger partial charge on any atom is -0.405 e. The van der Waals surface area contributed by atoms with Gasteiger partial charge < -0.3 is 10.1 Å². The molecule has 0 saturated carbocycles. The van der Waals surface area contributed by atoms with Crippen molar-refractivity contribution in [1.29, 1.82) is 0 Å². The van der Waals surface area contributed by atoms with Gasteiger partial charge in [-0.25, -0.2) is 0 Å². The Morgan fingerprint density at radius 1 is 1.05 bits per heavy atom. The maximum Gasteiger partial charge on any atom is 0.573 e. The molecule has 0 saturated heterocycles. The van der Waals surface area contributed by atoms with Crippen molar-refractivity contribution in [3.05, 3.63) is 23.8 Å². The second-order valence-electron chi connectivity index (χ2n) is 4.06. The number of nitrogens with one attached hydrogen (secondary N) is 1. The lowest BCUT2D eigenvalue weighted by atomic mass is 10.1. The number of benzene rings is 1. The summed E-state index contributed by atoms with van der Waals surface area (Å²) < 4.78 is 77.4. The molecule has 0 aliphatic heterocycles. The lowest BCUT2D eigenvalue weighted by Crippen LogP contribution is -2.20. The third-order valence-corrected chi connectivity index (χ3v) is 1.97. The van der Waals surface area contributed by atoms with E-state index >= 15 is 0 Å². The smallest absolute Gasteiger partial charge is 0.405 e. The van der Waals surface area contributed by atoms with Crippen molar-refractivity contribution in [1.82, 2.24) is 0 Å². The number of hydrogen-bond donors (Lipinski definition) is 1. The molecule has 0 aliphatic carbocycles. The molecule has 0 amide bonds. The van der Waals surface area contributed by atoms with Gasteiger partial charge in [0.05, 0.1) is 5.56 Å². The van der Waals surface area contributed by atoms with E-state index in [1.807, 2.05) is 0 Å². The highest BCUT2D eigenvalue weighted by molar-refractivity contribution is 5.52. The highest BCUT2D eigenvalue weighted by atomic mass is 19.4. The average Bonchev–Trinajstić information content (AvgIpc) is 2.15. The summed E-state index contributed by atoms with van der Waals surface area (Å²) in [7, 11) is 0. The number of halogens is 6. The first-order chi connectivity index (χ1) is 8.49. The summed E-state index contributed by atoms with van der Waals surface area (Å²) in [6.45, 7) is 3.38. The molecule has 0 bridgehead atoms. The van der Waals surface area contributed by atoms with E-state index in [-0.39, 0.29) is 11.7 Å². The lowest BCUT2D eigenvalue weighted by molar-refractivity contribution is -0.276. The normalized spacial score (nSPS) is 12.7. The van der Waals surface area contributed by atoms with Gasteiger partial charge >= 0.3 is 12.5 Å². The molecule has 108 valence electrons. The molecule has 19 heavy (non-hydrogen) atoms. The quantitative estimate of drug-likeness (QED) is 0.831. The van der Waals surface area contributed by atoms with Gasteiger partial charge in [-0.15, -0.1) is 13.2 Å². The highest BCUT2D eigenvalue weighted by Crippen LogP contribution is 2.39. The monoisotopic (exact) mass is 287 g/mol. The molecule has 1 aromatic carbocycles. The van der Waals surface area contributed by atoms with E-state index in [0.29, 0.717) is 12.1 Å². The molecule has 0 heterocycles. The van der Waals surface area contributed by atoms with Crippen LogP contribution in [0.4, 0.5) is 32.0 Å². The molecular formula is C11H11F6NO. The number of rotatable bonds is 3. The van der Waals surface area contributed by atoms with Crippen LogP contribution in [-0.2, 0) is 6.18 Å². The number of alkyl halides is 6. The molecule has 0 atom stereocenters. The summed E-state index contributed by atoms with van der Waals surface area (Å²) in [5.41, 5.74) is -1.41. The average molecular weight is 287 g/mol. The predicted octanol–water partition coefficient (Wildman–Crippen LogP) is 4.42. The summed E-state index contributed by atoms with van der Waals surface area (Å²) in [5.74, 6) is -1.27. The minimum atomic E-state index is -5.17. The SMILES string of the molecule is CC(C)Nc1ccc(OC(F)(F)F)c(C(F)(F)F)c1. The fourth-order valence-corrected chi connectivity index (χ4v) is 1.39. The van der Waals surface area contributed by atoms with Crippen molar-refractivity contribution >= 4 is 5.69 Å². The van der Waals surface area contributed by atoms with Crippen molar-refractivity contribution in [3.63, 3.8) is 0 Å². The van der Waals surface area contributed by atoms with Gasteiger partial charge in [0.2, 0.25) is 0 Å². The molecule has 0 spiro atoms. The first-order valence-corrected chi connectivity index (χ1v) is 5.22. The summed E-state index contributed by atoms with van der Waals surface area (Å²) >= 11 is 0. The summed E-state index contributed by atoms with van der Waals surface area (Å²) in [6, 6.07) is 2.16. The molecule has 0 aromatic heterocycles. The fourth-order valence-electron chi connectivity index (χ4n) is 1.39. The van der Waals surface area contributed by atoms with Gasteiger partial charge in [0.25, 0.3) is 0 Å². The molecule has 1 rings (SSSR count). The molecule has 1 N–H and O–H groups in total. The van der Waals surface area contributed by atoms with Crippen molar-refractivity contribution in [2.24, 2.45) is 0 Å². The zero-order chi connectivity index (χ0) is 14.8. The Balaban J connectivity index is 3.18. The molecule has 0 aliphatic rings. The first kappa shape index (κ1) is 15.5. The van der Waals surface area contributed by atoms with Gasteiger partial charge in [-0.2, -0.15) is 13.2 Å². The van der Waals surface area contributed by atoms with Crippen LogP contribution in [0.3, 0.4) is 0 Å². The molecule has 1 aromatic rings. The molecule has 0 radical (unpaired) electrons. The van der Waals surface area contributed by atoms with Gasteiger partial charge in [-0.3, -0.25) is 0 Å². The van der Waals surface area contributed by atoms with Crippen LogP contribution in [-0.4, -0.2) is 12.4 Å². The Bertz CT molecular complexity index is 438. The van der Waals surface area contributed by atoms with E-state index in [1.54, 1.807) is 13.8 Å². The van der Waals surface area contributed by atoms with E-state index in [2.05, 4.69) is 10.1 Å². The van der Waals surface area contributed by atoms with Crippen molar-refractivity contribution in [2.45, 2.75) is 32.4 Å². The molecular weight excluding hydrogens is 276 g/mol. The number of anilines is 1. The van der Waals surface area contributed by atoms with E-state index in [0.717, 1.165) is 6.07 Å². The van der Waals surface area contributed by atoms with Crippen molar-refractivity contribution in [3.8, 4) is 5.75 Å². The van der Waals surface area contributed by atoms with Crippen molar-refractivity contribution < 1.29 is 31.1 Å². The van der Waals surface area contributed by atoms with Crippen LogP contribution in [0.15, 0.2) is 18.2 Å². The standard InChI is InChI=1S/C11H11F6NO/c1-6(2)18-7-3-4-9(19-11(15,16)17)8(5-7)10(12,13)14/h3-6,18H,1-2H3. The Morgan fingerprint density at radius 2 is 1.63 bits per heavy atom. The van der Waals surface area contributed by atoms with E-state index in [9.17, 15) is 26.3 Å². The van der Waals surface area contributed by atoms with Crippen LogP contribution in [0.2, 0.25) is 0 Å². The lowest BCUT2D eigenvalue weighted by Gasteiger charge is -2.17. The summed E-state index contributed by atoms with van der Waals surface area (Å²) in [5, 5.41) is 2.67. The van der Waals surface area contributed by atoms with Gasteiger partial charge in [-0.05, 0) is 32.0 Å². The number of ether oxygens (including phenoxy) is 1. The van der Waals surface area contributed by atoms with Gasteiger partial charge in [-0.1, -0.05) is 0 Å². The molecule has 2 nitrogen and oxygen atoms in total. The van der Waals surface area contributed by atoms with E-state index in [1.165, 1.54) is 0 Å². The topological polar surface area (TPSA) is 21.3 Å². The predicted molar refractivity (Wildman–Crippen MR) is 56.9 cm³/mol. The highest BCUT2D eigenvalue weighted by Gasteiger charge is 2.39. The molecule has 0 fully saturated rings. The zero-order valence-electron chi connectivity index (χ0n) is 9.99. The maximum atomic E-state index is 12.7. The van der Waals surface area contributed by atoms with E-state index in [4.69, 9.17) is 0 Å². The van der Waals surface area contributed by atoms with Gasteiger partial charge in [0.15, 0.2) is 0 Å². The van der Waals surface area contributed by atoms with Crippen LogP contribution >= 0.6 is 0 Å². The van der Waals surface area contributed by atoms with Gasteiger partial charge in [0.1, 0.15) is 5.75 Å². The summed E-state index contributed by atoms with van der Waals surface area (Å²) in [6.07, 6.45) is -10.1. The third-order valence-electron chi connectivity index (χ3n) is 1.97. The largest absolute Gasteiger partial charge is 0.573 e.